The van der Waals surface area contributed by atoms with Crippen LogP contribution < -0.4 is 0 Å². The van der Waals surface area contributed by atoms with Crippen LogP contribution in [-0.4, -0.2) is 23.6 Å². The van der Waals surface area contributed by atoms with Gasteiger partial charge in [-0.25, -0.2) is 0 Å². The van der Waals surface area contributed by atoms with Gasteiger partial charge in [0.1, 0.15) is 0 Å². The summed E-state index contributed by atoms with van der Waals surface area (Å²) in [5.41, 5.74) is 13.2. The fraction of sp³-hybridized carbons (Fsp3) is 0.538. The highest BCUT2D eigenvalue weighted by atomic mass is 32.4. The molecule has 0 aliphatic carbocycles. The molecule has 0 nitrogen and oxygen atoms in total. The molecule has 4 aliphatic heterocycles. The van der Waals surface area contributed by atoms with Gasteiger partial charge in [0.05, 0.1) is 0 Å². The first-order valence-electron chi connectivity index (χ1n) is 11.2. The second-order valence-corrected chi connectivity index (χ2v) is 20.2. The van der Waals surface area contributed by atoms with Crippen molar-refractivity contribution in [3.05, 3.63) is 67.4 Å². The van der Waals surface area contributed by atoms with E-state index >= 15 is 0 Å². The van der Waals surface area contributed by atoms with Crippen LogP contribution in [0.15, 0.2) is 67.4 Å². The average Bonchev–Trinajstić information content (AvgIpc) is 2.66. The van der Waals surface area contributed by atoms with Crippen molar-refractivity contribution in [2.75, 3.05) is 12.3 Å². The summed E-state index contributed by atoms with van der Waals surface area (Å²) in [6.45, 7) is 18.6. The van der Waals surface area contributed by atoms with E-state index in [1.54, 1.807) is 11.1 Å². The van der Waals surface area contributed by atoms with Crippen LogP contribution in [0.5, 0.6) is 0 Å². The van der Waals surface area contributed by atoms with Crippen molar-refractivity contribution >= 4 is 35.7 Å². The summed E-state index contributed by atoms with van der Waals surface area (Å²) in [5, 5.41) is 3.04. The SMILES string of the molecule is CC1=C(C)C2CC(C)=C(C)CP2(=S)C(C2=CC(C)=C(C)C3CC(C)=C(C)CP23=S)=C1. The second-order valence-electron chi connectivity index (χ2n) is 10.3. The van der Waals surface area contributed by atoms with E-state index in [0.717, 1.165) is 25.2 Å². The van der Waals surface area contributed by atoms with Crippen molar-refractivity contribution in [3.63, 3.8) is 0 Å². The van der Waals surface area contributed by atoms with Gasteiger partial charge in [0, 0.05) is 23.6 Å². The fourth-order valence-electron chi connectivity index (χ4n) is 5.77. The van der Waals surface area contributed by atoms with E-state index in [0.29, 0.717) is 11.3 Å². The van der Waals surface area contributed by atoms with Gasteiger partial charge >= 0.3 is 0 Å². The average molecular weight is 475 g/mol. The number of rotatable bonds is 1. The van der Waals surface area contributed by atoms with Crippen LogP contribution in [-0.2, 0) is 23.6 Å². The van der Waals surface area contributed by atoms with Crippen molar-refractivity contribution < 1.29 is 0 Å². The van der Waals surface area contributed by atoms with Crippen molar-refractivity contribution in [3.8, 4) is 0 Å². The van der Waals surface area contributed by atoms with Crippen LogP contribution >= 0.6 is 12.1 Å². The Hall–Kier alpha value is -0.260. The third kappa shape index (κ3) is 3.28. The monoisotopic (exact) mass is 474 g/mol. The van der Waals surface area contributed by atoms with Crippen molar-refractivity contribution in [2.24, 2.45) is 0 Å². The zero-order valence-corrected chi connectivity index (χ0v) is 23.3. The largest absolute Gasteiger partial charge is 0.0916 e. The minimum Gasteiger partial charge on any atom is -0.0916 e. The lowest BCUT2D eigenvalue weighted by Gasteiger charge is -2.48. The molecule has 162 valence electrons. The smallest absolute Gasteiger partial charge is 0.0172 e. The summed E-state index contributed by atoms with van der Waals surface area (Å²) in [7, 11) is 0. The zero-order chi connectivity index (χ0) is 22.2. The summed E-state index contributed by atoms with van der Waals surface area (Å²) in [6, 6.07) is -3.48. The van der Waals surface area contributed by atoms with Crippen LogP contribution in [0.1, 0.15) is 68.2 Å². The molecule has 0 saturated carbocycles. The topological polar surface area (TPSA) is 0 Å². The lowest BCUT2D eigenvalue weighted by molar-refractivity contribution is 0.873. The van der Waals surface area contributed by atoms with Gasteiger partial charge in [0.2, 0.25) is 0 Å². The third-order valence-corrected chi connectivity index (χ3v) is 19.5. The molecule has 0 fully saturated rings. The van der Waals surface area contributed by atoms with Crippen molar-refractivity contribution in [1.82, 2.24) is 0 Å². The van der Waals surface area contributed by atoms with Gasteiger partial charge in [-0.1, -0.05) is 80.4 Å². The Bertz CT molecular complexity index is 1040. The van der Waals surface area contributed by atoms with E-state index in [1.807, 2.05) is 0 Å². The first-order chi connectivity index (χ1) is 13.9. The van der Waals surface area contributed by atoms with E-state index in [9.17, 15) is 0 Å². The Morgan fingerprint density at radius 1 is 0.600 bits per heavy atom. The van der Waals surface area contributed by atoms with Crippen molar-refractivity contribution in [1.29, 1.82) is 0 Å². The molecule has 4 unspecified atom stereocenters. The molecule has 0 radical (unpaired) electrons. The molecule has 4 atom stereocenters. The van der Waals surface area contributed by atoms with E-state index in [4.69, 9.17) is 23.6 Å². The lowest BCUT2D eigenvalue weighted by Crippen LogP contribution is -2.27. The minimum absolute atomic E-state index is 0.535. The Labute approximate surface area is 194 Å². The summed E-state index contributed by atoms with van der Waals surface area (Å²) < 4.78 is 0. The first kappa shape index (κ1) is 22.9. The van der Waals surface area contributed by atoms with E-state index < -0.39 is 12.1 Å². The Morgan fingerprint density at radius 3 is 1.27 bits per heavy atom. The van der Waals surface area contributed by atoms with E-state index in [2.05, 4.69) is 67.5 Å². The molecule has 4 heterocycles. The van der Waals surface area contributed by atoms with Crippen LogP contribution in [0.25, 0.3) is 0 Å². The molecule has 4 rings (SSSR count). The number of hydrogen-bond acceptors (Lipinski definition) is 2. The highest BCUT2D eigenvalue weighted by Gasteiger charge is 2.47. The maximum atomic E-state index is 6.73. The zero-order valence-electron chi connectivity index (χ0n) is 19.8. The quantitative estimate of drug-likeness (QED) is 0.275. The molecule has 0 aromatic heterocycles. The van der Waals surface area contributed by atoms with E-state index in [-0.39, 0.29) is 0 Å². The predicted molar refractivity (Wildman–Crippen MR) is 145 cm³/mol. The van der Waals surface area contributed by atoms with Gasteiger partial charge in [-0.05, 0) is 90.9 Å². The third-order valence-electron chi connectivity index (χ3n) is 8.44. The molecule has 0 saturated heterocycles. The van der Waals surface area contributed by atoms with Crippen LogP contribution in [0.4, 0.5) is 0 Å². The van der Waals surface area contributed by atoms with Gasteiger partial charge < -0.3 is 0 Å². The Morgan fingerprint density at radius 2 is 0.933 bits per heavy atom. The van der Waals surface area contributed by atoms with Gasteiger partial charge in [-0.2, -0.15) is 0 Å². The molecular weight excluding hydrogens is 438 g/mol. The predicted octanol–water partition coefficient (Wildman–Crippen LogP) is 8.63. The van der Waals surface area contributed by atoms with Gasteiger partial charge in [0.15, 0.2) is 0 Å². The summed E-state index contributed by atoms with van der Waals surface area (Å²) in [4.78, 5) is 0. The van der Waals surface area contributed by atoms with Crippen LogP contribution in [0.3, 0.4) is 0 Å². The normalized spacial score (nSPS) is 37.2. The van der Waals surface area contributed by atoms with Gasteiger partial charge in [-0.3, -0.25) is 0 Å². The second kappa shape index (κ2) is 7.66. The van der Waals surface area contributed by atoms with E-state index in [1.165, 1.54) is 44.1 Å². The highest BCUT2D eigenvalue weighted by Crippen LogP contribution is 2.78. The summed E-state index contributed by atoms with van der Waals surface area (Å²) >= 11 is 13.5. The molecular formula is C26H36P2S2. The minimum atomic E-state index is -1.74. The fourth-order valence-corrected chi connectivity index (χ4v) is 18.6. The first-order valence-corrected chi connectivity index (χ1v) is 17.3. The standard InChI is InChI=1S/C26H36P2S2/c1-15-9-23-21(7)17(3)11-25(27(23,29)13-19(15)5)26-12-18(4)22(8)24-10-16(2)20(6)14-28(24,26)30/h11-12,23-24H,9-10,13-14H2,1-8H3. The molecule has 0 aromatic rings. The van der Waals surface area contributed by atoms with Crippen LogP contribution in [0, 0.1) is 0 Å². The van der Waals surface area contributed by atoms with Crippen LogP contribution in [0.2, 0.25) is 0 Å². The lowest BCUT2D eigenvalue weighted by atomic mass is 9.97. The maximum absolute atomic E-state index is 6.73. The Balaban J connectivity index is 1.97. The molecule has 0 aromatic carbocycles. The molecule has 4 heteroatoms. The Kier molecular flexibility index (Phi) is 5.85. The van der Waals surface area contributed by atoms with Gasteiger partial charge in [0.25, 0.3) is 0 Å². The number of fused-ring (bicyclic) bond motifs is 2. The van der Waals surface area contributed by atoms with Gasteiger partial charge in [-0.15, -0.1) is 0 Å². The summed E-state index contributed by atoms with van der Waals surface area (Å²) in [6.07, 6.45) is 9.48. The van der Waals surface area contributed by atoms with Crippen molar-refractivity contribution in [2.45, 2.75) is 79.5 Å². The maximum Gasteiger partial charge on any atom is 0.0172 e. The molecule has 0 N–H and O–H groups in total. The summed E-state index contributed by atoms with van der Waals surface area (Å²) in [5.74, 6) is 0. The molecule has 0 amide bonds. The number of allylic oxidation sites excluding steroid dienone is 12. The highest BCUT2D eigenvalue weighted by molar-refractivity contribution is 8.20. The molecule has 0 spiro atoms. The molecule has 0 bridgehead atoms. The number of hydrogen-bond donors (Lipinski definition) is 0. The molecule has 30 heavy (non-hydrogen) atoms. The molecule has 4 aliphatic rings.